The number of rotatable bonds is 8. The van der Waals surface area contributed by atoms with Gasteiger partial charge in [-0.15, -0.1) is 0 Å². The van der Waals surface area contributed by atoms with E-state index in [0.717, 1.165) is 13.0 Å². The second-order valence-corrected chi connectivity index (χ2v) is 6.69. The Morgan fingerprint density at radius 1 is 1.43 bits per heavy atom. The summed E-state index contributed by atoms with van der Waals surface area (Å²) >= 11 is 0. The van der Waals surface area contributed by atoms with E-state index in [1.54, 1.807) is 26.4 Å². The Bertz CT molecular complexity index is 1000. The molecule has 1 aliphatic rings. The van der Waals surface area contributed by atoms with Crippen molar-refractivity contribution in [3.63, 3.8) is 0 Å². The van der Waals surface area contributed by atoms with Crippen molar-refractivity contribution >= 4 is 5.97 Å². The van der Waals surface area contributed by atoms with E-state index in [0.29, 0.717) is 23.7 Å². The van der Waals surface area contributed by atoms with E-state index in [1.165, 1.54) is 0 Å². The van der Waals surface area contributed by atoms with E-state index in [4.69, 9.17) is 19.9 Å². The minimum Gasteiger partial charge on any atom is -0.494 e. The number of allylic oxidation sites excluding steroid dienone is 2. The number of hydrogen-bond acceptors (Lipinski definition) is 7. The van der Waals surface area contributed by atoms with Crippen molar-refractivity contribution in [2.75, 3.05) is 13.2 Å². The van der Waals surface area contributed by atoms with Crippen LogP contribution in [0.3, 0.4) is 0 Å². The van der Waals surface area contributed by atoms with Crippen LogP contribution in [0.5, 0.6) is 5.75 Å². The molecule has 0 bridgehead atoms. The largest absolute Gasteiger partial charge is 0.494 e. The fourth-order valence-electron chi connectivity index (χ4n) is 3.33. The number of carbonyl (C=O) groups excluding carboxylic acids is 1. The molecule has 1 unspecified atom stereocenters. The molecule has 30 heavy (non-hydrogen) atoms. The number of esters is 1. The lowest BCUT2D eigenvalue weighted by atomic mass is 9.83. The van der Waals surface area contributed by atoms with Gasteiger partial charge in [0.05, 0.1) is 31.0 Å². The molecule has 156 valence electrons. The summed E-state index contributed by atoms with van der Waals surface area (Å²) in [6.07, 6.45) is 6.21. The molecule has 2 aromatic rings. The molecule has 8 nitrogen and oxygen atoms in total. The summed E-state index contributed by atoms with van der Waals surface area (Å²) < 4.78 is 18.5. The molecule has 0 saturated carbocycles. The van der Waals surface area contributed by atoms with Crippen LogP contribution in [-0.4, -0.2) is 28.7 Å². The molecule has 2 heterocycles. The molecule has 2 N–H and O–H groups in total. The average molecular weight is 408 g/mol. The zero-order chi connectivity index (χ0) is 21.5. The van der Waals surface area contributed by atoms with Crippen LogP contribution in [0.1, 0.15) is 31.7 Å². The third kappa shape index (κ3) is 4.63. The zero-order valence-electron chi connectivity index (χ0n) is 17.0. The number of nitriles is 1. The highest BCUT2D eigenvalue weighted by molar-refractivity contribution is 5.92. The topological polar surface area (TPSA) is 112 Å². The quantitative estimate of drug-likeness (QED) is 0.528. The van der Waals surface area contributed by atoms with E-state index in [9.17, 15) is 10.1 Å². The van der Waals surface area contributed by atoms with Crippen LogP contribution in [0.25, 0.3) is 0 Å². The van der Waals surface area contributed by atoms with Gasteiger partial charge in [-0.1, -0.05) is 12.1 Å². The number of hydrogen-bond donors (Lipinski definition) is 1. The van der Waals surface area contributed by atoms with Crippen LogP contribution in [0.2, 0.25) is 0 Å². The standard InChI is InChI=1S/C22H24N4O4/c1-3-28-22(27)19-15(2)30-21(24)18(13-23)20(19)16-6-4-7-17(12-16)29-11-5-9-26-10-8-25-14-26/h4,6-8,10,12,14,20H,3,5,9,11,24H2,1-2H3. The number of imidazole rings is 1. The summed E-state index contributed by atoms with van der Waals surface area (Å²) in [5.74, 6) is -0.271. The lowest BCUT2D eigenvalue weighted by molar-refractivity contribution is -0.139. The number of carbonyl (C=O) groups is 1. The van der Waals surface area contributed by atoms with Gasteiger partial charge in [0.1, 0.15) is 23.2 Å². The number of aromatic nitrogens is 2. The van der Waals surface area contributed by atoms with E-state index in [2.05, 4.69) is 11.1 Å². The summed E-state index contributed by atoms with van der Waals surface area (Å²) in [5, 5.41) is 9.66. The number of nitrogens with two attached hydrogens (primary N) is 1. The molecular weight excluding hydrogens is 384 g/mol. The summed E-state index contributed by atoms with van der Waals surface area (Å²) in [6, 6.07) is 9.36. The summed E-state index contributed by atoms with van der Waals surface area (Å²) in [5.41, 5.74) is 7.07. The zero-order valence-corrected chi connectivity index (χ0v) is 17.0. The highest BCUT2D eigenvalue weighted by Gasteiger charge is 2.36. The fourth-order valence-corrected chi connectivity index (χ4v) is 3.33. The Kier molecular flexibility index (Phi) is 6.75. The van der Waals surface area contributed by atoms with E-state index in [-0.39, 0.29) is 23.6 Å². The molecule has 1 atom stereocenters. The number of nitrogens with zero attached hydrogens (tertiary/aromatic N) is 3. The Balaban J connectivity index is 1.82. The van der Waals surface area contributed by atoms with Crippen molar-refractivity contribution in [3.8, 4) is 11.8 Å². The van der Waals surface area contributed by atoms with Crippen molar-refractivity contribution in [3.05, 3.63) is 71.3 Å². The smallest absolute Gasteiger partial charge is 0.338 e. The molecule has 0 radical (unpaired) electrons. The van der Waals surface area contributed by atoms with Crippen LogP contribution in [0.4, 0.5) is 0 Å². The van der Waals surface area contributed by atoms with Gasteiger partial charge in [0, 0.05) is 18.9 Å². The van der Waals surface area contributed by atoms with Crippen LogP contribution < -0.4 is 10.5 Å². The van der Waals surface area contributed by atoms with Crippen LogP contribution in [0.15, 0.2) is 65.8 Å². The molecule has 8 heteroatoms. The minimum absolute atomic E-state index is 0.0142. The van der Waals surface area contributed by atoms with Gasteiger partial charge in [-0.05, 0) is 38.0 Å². The molecule has 0 saturated heterocycles. The molecule has 1 aliphatic heterocycles. The van der Waals surface area contributed by atoms with Crippen LogP contribution in [0, 0.1) is 11.3 Å². The van der Waals surface area contributed by atoms with Gasteiger partial charge in [-0.2, -0.15) is 5.26 Å². The normalized spacial score (nSPS) is 16.1. The first-order chi connectivity index (χ1) is 14.5. The van der Waals surface area contributed by atoms with Crippen molar-refractivity contribution < 1.29 is 19.0 Å². The summed E-state index contributed by atoms with van der Waals surface area (Å²) in [7, 11) is 0. The highest BCUT2D eigenvalue weighted by atomic mass is 16.5. The number of benzene rings is 1. The maximum atomic E-state index is 12.6. The molecule has 0 aliphatic carbocycles. The van der Waals surface area contributed by atoms with Gasteiger partial charge in [0.15, 0.2) is 0 Å². The van der Waals surface area contributed by atoms with Crippen molar-refractivity contribution in [1.82, 2.24) is 9.55 Å². The minimum atomic E-state index is -0.683. The second kappa shape index (κ2) is 9.65. The molecule has 3 rings (SSSR count). The molecule has 0 fully saturated rings. The van der Waals surface area contributed by atoms with Crippen LogP contribution >= 0.6 is 0 Å². The molecular formula is C22H24N4O4. The average Bonchev–Trinajstić information content (AvgIpc) is 3.24. The first-order valence-electron chi connectivity index (χ1n) is 9.69. The Morgan fingerprint density at radius 2 is 2.27 bits per heavy atom. The Hall–Kier alpha value is -3.73. The van der Waals surface area contributed by atoms with E-state index in [1.807, 2.05) is 35.0 Å². The predicted octanol–water partition coefficient (Wildman–Crippen LogP) is 3.00. The molecule has 0 spiro atoms. The number of ether oxygens (including phenoxy) is 3. The van der Waals surface area contributed by atoms with Gasteiger partial charge in [0.2, 0.25) is 5.88 Å². The van der Waals surface area contributed by atoms with Crippen molar-refractivity contribution in [1.29, 1.82) is 5.26 Å². The van der Waals surface area contributed by atoms with Gasteiger partial charge >= 0.3 is 5.97 Å². The van der Waals surface area contributed by atoms with Crippen LogP contribution in [-0.2, 0) is 20.8 Å². The Labute approximate surface area is 175 Å². The lowest BCUT2D eigenvalue weighted by Crippen LogP contribution is -2.25. The predicted molar refractivity (Wildman–Crippen MR) is 109 cm³/mol. The summed E-state index contributed by atoms with van der Waals surface area (Å²) in [4.78, 5) is 16.6. The van der Waals surface area contributed by atoms with Gasteiger partial charge in [0.25, 0.3) is 0 Å². The SMILES string of the molecule is CCOC(=O)C1=C(C)OC(N)=C(C#N)C1c1cccc(OCCCn2ccnc2)c1. The molecule has 1 aromatic carbocycles. The first-order valence-corrected chi connectivity index (χ1v) is 9.69. The van der Waals surface area contributed by atoms with Crippen molar-refractivity contribution in [2.45, 2.75) is 32.7 Å². The maximum absolute atomic E-state index is 12.6. The second-order valence-electron chi connectivity index (χ2n) is 6.69. The highest BCUT2D eigenvalue weighted by Crippen LogP contribution is 2.40. The number of aryl methyl sites for hydroxylation is 1. The maximum Gasteiger partial charge on any atom is 0.338 e. The third-order valence-electron chi connectivity index (χ3n) is 4.68. The fraction of sp³-hybridized carbons (Fsp3) is 0.318. The molecule has 0 amide bonds. The Morgan fingerprint density at radius 3 is 2.97 bits per heavy atom. The monoisotopic (exact) mass is 408 g/mol. The summed E-state index contributed by atoms with van der Waals surface area (Å²) in [6.45, 7) is 4.88. The van der Waals surface area contributed by atoms with E-state index < -0.39 is 11.9 Å². The first kappa shape index (κ1) is 21.0. The van der Waals surface area contributed by atoms with Crippen molar-refractivity contribution in [2.24, 2.45) is 5.73 Å². The lowest BCUT2D eigenvalue weighted by Gasteiger charge is -2.27. The van der Waals surface area contributed by atoms with E-state index >= 15 is 0 Å². The van der Waals surface area contributed by atoms with Gasteiger partial charge in [-0.25, -0.2) is 9.78 Å². The third-order valence-corrected chi connectivity index (χ3v) is 4.68. The van der Waals surface area contributed by atoms with Gasteiger partial charge < -0.3 is 24.5 Å². The molecule has 1 aromatic heterocycles. The van der Waals surface area contributed by atoms with Gasteiger partial charge in [-0.3, -0.25) is 0 Å².